The number of para-hydroxylation sites is 1. The highest BCUT2D eigenvalue weighted by Crippen LogP contribution is 2.37. The van der Waals surface area contributed by atoms with Gasteiger partial charge in [0.2, 0.25) is 0 Å². The summed E-state index contributed by atoms with van der Waals surface area (Å²) in [5.74, 6) is 0.939. The third-order valence-corrected chi connectivity index (χ3v) is 3.54. The van der Waals surface area contributed by atoms with E-state index in [9.17, 15) is 5.11 Å². The maximum Gasteiger partial charge on any atom is 0.123 e. The number of hydrogen-bond donors (Lipinski definition) is 2. The second kappa shape index (κ2) is 5.55. The number of halogens is 1. The van der Waals surface area contributed by atoms with Crippen LogP contribution in [-0.2, 0) is 0 Å². The van der Waals surface area contributed by atoms with Gasteiger partial charge in [-0.25, -0.2) is 0 Å². The van der Waals surface area contributed by atoms with Gasteiger partial charge in [-0.3, -0.25) is 0 Å². The molecule has 90 valence electrons. The van der Waals surface area contributed by atoms with Gasteiger partial charge in [-0.05, 0) is 31.2 Å². The molecule has 1 aliphatic carbocycles. The average molecular weight is 242 g/mol. The van der Waals surface area contributed by atoms with Crippen LogP contribution in [0.4, 0.5) is 0 Å². The van der Waals surface area contributed by atoms with E-state index < -0.39 is 0 Å². The highest BCUT2D eigenvalue weighted by atomic mass is 35.5. The molecule has 0 unspecified atom stereocenters. The van der Waals surface area contributed by atoms with Gasteiger partial charge >= 0.3 is 0 Å². The lowest BCUT2D eigenvalue weighted by Gasteiger charge is -2.20. The summed E-state index contributed by atoms with van der Waals surface area (Å²) in [5.41, 5.74) is 8.05. The number of phenolic OH excluding ortho intramolecular Hbond substituents is 1. The molecule has 3 N–H and O–H groups in total. The van der Waals surface area contributed by atoms with Gasteiger partial charge in [0.25, 0.3) is 0 Å². The first-order valence-electron chi connectivity index (χ1n) is 5.74. The first kappa shape index (κ1) is 13.3. The number of benzene rings is 1. The van der Waals surface area contributed by atoms with Gasteiger partial charge in [0.1, 0.15) is 5.75 Å². The van der Waals surface area contributed by atoms with E-state index in [2.05, 4.69) is 0 Å². The number of nitrogens with two attached hydrogens (primary N) is 1. The van der Waals surface area contributed by atoms with E-state index in [4.69, 9.17) is 5.73 Å². The Hall–Kier alpha value is -0.730. The number of aromatic hydroxyl groups is 1. The van der Waals surface area contributed by atoms with Crippen molar-refractivity contribution in [2.24, 2.45) is 11.7 Å². The summed E-state index contributed by atoms with van der Waals surface area (Å²) in [6, 6.07) is 5.84. The second-order valence-corrected chi connectivity index (χ2v) is 4.58. The fourth-order valence-electron chi connectivity index (χ4n) is 2.52. The predicted octanol–water partition coefficient (Wildman–Crippen LogP) is 3.31. The van der Waals surface area contributed by atoms with Gasteiger partial charge in [-0.2, -0.15) is 0 Å². The van der Waals surface area contributed by atoms with Crippen molar-refractivity contribution in [2.75, 3.05) is 0 Å². The molecule has 1 saturated carbocycles. The topological polar surface area (TPSA) is 46.2 Å². The van der Waals surface area contributed by atoms with Crippen molar-refractivity contribution in [3.63, 3.8) is 0 Å². The SMILES string of the molecule is Cc1cccc([C@@H](N)C2CCCC2)c1O.Cl. The Labute approximate surface area is 103 Å². The molecular weight excluding hydrogens is 222 g/mol. The van der Waals surface area contributed by atoms with Gasteiger partial charge in [0, 0.05) is 11.6 Å². The number of aryl methyl sites for hydroxylation is 1. The molecule has 0 aliphatic heterocycles. The molecule has 1 aromatic rings. The molecule has 0 saturated heterocycles. The standard InChI is InChI=1S/C13H19NO.ClH/c1-9-5-4-8-11(13(9)15)12(14)10-6-2-3-7-10;/h4-5,8,10,12,15H,2-3,6-7,14H2,1H3;1H/t12-;/m0./s1. The van der Waals surface area contributed by atoms with Crippen LogP contribution in [0.3, 0.4) is 0 Å². The van der Waals surface area contributed by atoms with Crippen LogP contribution in [0.25, 0.3) is 0 Å². The Morgan fingerprint density at radius 1 is 1.31 bits per heavy atom. The minimum absolute atomic E-state index is 0. The van der Waals surface area contributed by atoms with Crippen LogP contribution >= 0.6 is 12.4 Å². The normalized spacial score (nSPS) is 18.1. The van der Waals surface area contributed by atoms with E-state index in [1.807, 2.05) is 25.1 Å². The van der Waals surface area contributed by atoms with E-state index in [1.165, 1.54) is 25.7 Å². The zero-order valence-electron chi connectivity index (χ0n) is 9.65. The van der Waals surface area contributed by atoms with E-state index in [-0.39, 0.29) is 18.4 Å². The second-order valence-electron chi connectivity index (χ2n) is 4.58. The van der Waals surface area contributed by atoms with Crippen molar-refractivity contribution >= 4 is 12.4 Å². The van der Waals surface area contributed by atoms with Gasteiger partial charge in [0.15, 0.2) is 0 Å². The molecule has 1 atom stereocenters. The maximum atomic E-state index is 9.95. The molecule has 3 heteroatoms. The number of phenols is 1. The van der Waals surface area contributed by atoms with Gasteiger partial charge < -0.3 is 10.8 Å². The molecular formula is C13H20ClNO. The van der Waals surface area contributed by atoms with Crippen LogP contribution < -0.4 is 5.73 Å². The first-order valence-corrected chi connectivity index (χ1v) is 5.74. The van der Waals surface area contributed by atoms with Crippen molar-refractivity contribution < 1.29 is 5.11 Å². The van der Waals surface area contributed by atoms with Crippen LogP contribution in [0.15, 0.2) is 18.2 Å². The highest BCUT2D eigenvalue weighted by Gasteiger charge is 2.25. The molecule has 1 aromatic carbocycles. The third kappa shape index (κ3) is 2.50. The lowest BCUT2D eigenvalue weighted by Crippen LogP contribution is -2.19. The Morgan fingerprint density at radius 2 is 1.94 bits per heavy atom. The Balaban J connectivity index is 0.00000128. The molecule has 0 radical (unpaired) electrons. The summed E-state index contributed by atoms with van der Waals surface area (Å²) in [4.78, 5) is 0. The van der Waals surface area contributed by atoms with Crippen molar-refractivity contribution in [1.29, 1.82) is 0 Å². The third-order valence-electron chi connectivity index (χ3n) is 3.54. The minimum atomic E-state index is 0. The molecule has 0 spiro atoms. The van der Waals surface area contributed by atoms with Gasteiger partial charge in [-0.1, -0.05) is 31.0 Å². The largest absolute Gasteiger partial charge is 0.507 e. The van der Waals surface area contributed by atoms with Gasteiger partial charge in [0.05, 0.1) is 0 Å². The zero-order chi connectivity index (χ0) is 10.8. The summed E-state index contributed by atoms with van der Waals surface area (Å²) < 4.78 is 0. The molecule has 2 rings (SSSR count). The van der Waals surface area contributed by atoms with Crippen molar-refractivity contribution in [3.8, 4) is 5.75 Å². The quantitative estimate of drug-likeness (QED) is 0.835. The smallest absolute Gasteiger partial charge is 0.123 e. The molecule has 0 aromatic heterocycles. The summed E-state index contributed by atoms with van der Waals surface area (Å²) in [6.07, 6.45) is 4.97. The lowest BCUT2D eigenvalue weighted by molar-refractivity contribution is 0.410. The van der Waals surface area contributed by atoms with Crippen LogP contribution in [0.2, 0.25) is 0 Å². The lowest BCUT2D eigenvalue weighted by atomic mass is 9.91. The fourth-order valence-corrected chi connectivity index (χ4v) is 2.52. The van der Waals surface area contributed by atoms with Crippen molar-refractivity contribution in [3.05, 3.63) is 29.3 Å². The van der Waals surface area contributed by atoms with Crippen LogP contribution in [0.5, 0.6) is 5.75 Å². The van der Waals surface area contributed by atoms with Crippen LogP contribution in [-0.4, -0.2) is 5.11 Å². The Bertz CT molecular complexity index is 348. The summed E-state index contributed by atoms with van der Waals surface area (Å²) in [5, 5.41) is 9.95. The maximum absolute atomic E-state index is 9.95. The van der Waals surface area contributed by atoms with Crippen molar-refractivity contribution in [2.45, 2.75) is 38.6 Å². The summed E-state index contributed by atoms with van der Waals surface area (Å²) in [7, 11) is 0. The fraction of sp³-hybridized carbons (Fsp3) is 0.538. The minimum Gasteiger partial charge on any atom is -0.507 e. The van der Waals surface area contributed by atoms with E-state index in [0.717, 1.165) is 11.1 Å². The molecule has 1 fully saturated rings. The van der Waals surface area contributed by atoms with E-state index in [0.29, 0.717) is 11.7 Å². The number of hydrogen-bond acceptors (Lipinski definition) is 2. The molecule has 0 bridgehead atoms. The van der Waals surface area contributed by atoms with E-state index >= 15 is 0 Å². The summed E-state index contributed by atoms with van der Waals surface area (Å²) in [6.45, 7) is 1.92. The Kier molecular flexibility index (Phi) is 4.63. The van der Waals surface area contributed by atoms with Gasteiger partial charge in [-0.15, -0.1) is 12.4 Å². The number of rotatable bonds is 2. The molecule has 0 amide bonds. The molecule has 16 heavy (non-hydrogen) atoms. The van der Waals surface area contributed by atoms with Crippen LogP contribution in [0.1, 0.15) is 42.9 Å². The first-order chi connectivity index (χ1) is 7.20. The molecule has 2 nitrogen and oxygen atoms in total. The zero-order valence-corrected chi connectivity index (χ0v) is 10.5. The Morgan fingerprint density at radius 3 is 2.56 bits per heavy atom. The van der Waals surface area contributed by atoms with E-state index in [1.54, 1.807) is 0 Å². The molecule has 0 heterocycles. The molecule has 1 aliphatic rings. The van der Waals surface area contributed by atoms with Crippen LogP contribution in [0, 0.1) is 12.8 Å². The summed E-state index contributed by atoms with van der Waals surface area (Å²) >= 11 is 0. The average Bonchev–Trinajstić information content (AvgIpc) is 2.74. The highest BCUT2D eigenvalue weighted by molar-refractivity contribution is 5.85. The monoisotopic (exact) mass is 241 g/mol. The predicted molar refractivity (Wildman–Crippen MR) is 69.0 cm³/mol. The van der Waals surface area contributed by atoms with Crippen molar-refractivity contribution in [1.82, 2.24) is 0 Å².